The summed E-state index contributed by atoms with van der Waals surface area (Å²) >= 11 is 0. The summed E-state index contributed by atoms with van der Waals surface area (Å²) in [5.74, 6) is 0.461. The molecule has 1 aliphatic heterocycles. The van der Waals surface area contributed by atoms with Crippen molar-refractivity contribution >= 4 is 16.1 Å². The number of sulfonamides is 1. The van der Waals surface area contributed by atoms with Crippen LogP contribution >= 0.6 is 0 Å². The summed E-state index contributed by atoms with van der Waals surface area (Å²) < 4.78 is 29.8. The molecule has 1 rings (SSSR count). The van der Waals surface area contributed by atoms with Gasteiger partial charge in [-0.2, -0.15) is 0 Å². The first-order valence-electron chi connectivity index (χ1n) is 6.99. The lowest BCUT2D eigenvalue weighted by Crippen LogP contribution is -2.42. The molecule has 0 bridgehead atoms. The van der Waals surface area contributed by atoms with Crippen LogP contribution < -0.4 is 4.72 Å². The van der Waals surface area contributed by atoms with Gasteiger partial charge in [-0.1, -0.05) is 0 Å². The van der Waals surface area contributed by atoms with Crippen molar-refractivity contribution in [3.8, 4) is 0 Å². The number of carbonyl (C=O) groups excluding carboxylic acids is 1. The number of ether oxygens (including phenoxy) is 1. The lowest BCUT2D eigenvalue weighted by atomic mass is 9.94. The predicted octanol–water partition coefficient (Wildman–Crippen LogP) is 1.57. The van der Waals surface area contributed by atoms with Gasteiger partial charge in [-0.05, 0) is 46.0 Å². The van der Waals surface area contributed by atoms with E-state index in [2.05, 4.69) is 4.72 Å². The molecule has 0 atom stereocenters. The third kappa shape index (κ3) is 7.09. The van der Waals surface area contributed by atoms with E-state index in [1.807, 2.05) is 20.8 Å². The normalized spacial score (nSPS) is 18.1. The SMILES string of the molecule is CC(C)(C)OC(=O)N1CCC(CCNS(C)(=O)=O)CC1. The van der Waals surface area contributed by atoms with Crippen LogP contribution in [0.1, 0.15) is 40.0 Å². The maximum absolute atomic E-state index is 11.9. The number of likely N-dealkylation sites (tertiary alicyclic amines) is 1. The number of hydrogen-bond acceptors (Lipinski definition) is 4. The molecule has 6 nitrogen and oxygen atoms in total. The van der Waals surface area contributed by atoms with Gasteiger partial charge < -0.3 is 9.64 Å². The Morgan fingerprint density at radius 1 is 1.30 bits per heavy atom. The highest BCUT2D eigenvalue weighted by molar-refractivity contribution is 7.88. The van der Waals surface area contributed by atoms with E-state index in [1.54, 1.807) is 4.90 Å². The molecule has 1 heterocycles. The van der Waals surface area contributed by atoms with Crippen LogP contribution in [0.5, 0.6) is 0 Å². The Kier molecular flexibility index (Phi) is 5.82. The summed E-state index contributed by atoms with van der Waals surface area (Å²) in [6, 6.07) is 0. The van der Waals surface area contributed by atoms with Gasteiger partial charge in [0.1, 0.15) is 5.60 Å². The first-order chi connectivity index (χ1) is 9.07. The summed E-state index contributed by atoms with van der Waals surface area (Å²) in [5.41, 5.74) is -0.465. The van der Waals surface area contributed by atoms with Crippen LogP contribution in [0.4, 0.5) is 4.79 Å². The van der Waals surface area contributed by atoms with Crippen molar-refractivity contribution in [2.24, 2.45) is 5.92 Å². The van der Waals surface area contributed by atoms with Crippen LogP contribution in [0.15, 0.2) is 0 Å². The quantitative estimate of drug-likeness (QED) is 0.855. The highest BCUT2D eigenvalue weighted by Crippen LogP contribution is 2.21. The van der Waals surface area contributed by atoms with Gasteiger partial charge in [-0.15, -0.1) is 0 Å². The Balaban J connectivity index is 2.28. The van der Waals surface area contributed by atoms with Gasteiger partial charge in [0.15, 0.2) is 0 Å². The number of piperidine rings is 1. The van der Waals surface area contributed by atoms with Crippen molar-refractivity contribution < 1.29 is 17.9 Å². The molecule has 118 valence electrons. The van der Waals surface area contributed by atoms with E-state index in [4.69, 9.17) is 4.74 Å². The van der Waals surface area contributed by atoms with Crippen molar-refractivity contribution in [3.05, 3.63) is 0 Å². The molecule has 0 aliphatic carbocycles. The predicted molar refractivity (Wildman–Crippen MR) is 78.0 cm³/mol. The lowest BCUT2D eigenvalue weighted by Gasteiger charge is -2.33. The fraction of sp³-hybridized carbons (Fsp3) is 0.923. The number of nitrogens with one attached hydrogen (secondary N) is 1. The molecule has 7 heteroatoms. The van der Waals surface area contributed by atoms with Gasteiger partial charge >= 0.3 is 6.09 Å². The fourth-order valence-electron chi connectivity index (χ4n) is 2.18. The minimum Gasteiger partial charge on any atom is -0.444 e. The molecule has 1 amide bonds. The molecule has 0 spiro atoms. The Morgan fingerprint density at radius 3 is 2.30 bits per heavy atom. The first kappa shape index (κ1) is 17.2. The van der Waals surface area contributed by atoms with Gasteiger partial charge in [0, 0.05) is 19.6 Å². The molecule has 1 N–H and O–H groups in total. The van der Waals surface area contributed by atoms with Crippen LogP contribution in [-0.2, 0) is 14.8 Å². The summed E-state index contributed by atoms with van der Waals surface area (Å²) in [6.45, 7) is 7.39. The highest BCUT2D eigenvalue weighted by atomic mass is 32.2. The van der Waals surface area contributed by atoms with Gasteiger partial charge in [-0.25, -0.2) is 17.9 Å². The lowest BCUT2D eigenvalue weighted by molar-refractivity contribution is 0.0182. The Bertz CT molecular complexity index is 420. The topological polar surface area (TPSA) is 75.7 Å². The molecular formula is C13H26N2O4S. The second-order valence-electron chi connectivity index (χ2n) is 6.37. The standard InChI is InChI=1S/C13H26N2O4S/c1-13(2,3)19-12(16)15-9-6-11(7-10-15)5-8-14-20(4,17)18/h11,14H,5-10H2,1-4H3. The highest BCUT2D eigenvalue weighted by Gasteiger charge is 2.26. The van der Waals surface area contributed by atoms with Crippen LogP contribution in [0.25, 0.3) is 0 Å². The van der Waals surface area contributed by atoms with Crippen molar-refractivity contribution in [2.45, 2.75) is 45.6 Å². The third-order valence-electron chi connectivity index (χ3n) is 3.18. The molecule has 1 fully saturated rings. The van der Waals surface area contributed by atoms with Gasteiger partial charge in [0.2, 0.25) is 10.0 Å². The van der Waals surface area contributed by atoms with Crippen molar-refractivity contribution in [1.82, 2.24) is 9.62 Å². The molecule has 20 heavy (non-hydrogen) atoms. The van der Waals surface area contributed by atoms with Crippen molar-refractivity contribution in [3.63, 3.8) is 0 Å². The molecule has 0 unspecified atom stereocenters. The zero-order valence-corrected chi connectivity index (χ0v) is 13.6. The number of rotatable bonds is 4. The summed E-state index contributed by atoms with van der Waals surface area (Å²) in [6.07, 6.45) is 3.51. The van der Waals surface area contributed by atoms with Gasteiger partial charge in [0.05, 0.1) is 6.26 Å². The number of amides is 1. The van der Waals surface area contributed by atoms with Crippen LogP contribution in [-0.4, -0.2) is 50.9 Å². The number of carbonyl (C=O) groups is 1. The minimum absolute atomic E-state index is 0.259. The van der Waals surface area contributed by atoms with E-state index in [9.17, 15) is 13.2 Å². The minimum atomic E-state index is -3.10. The van der Waals surface area contributed by atoms with Gasteiger partial charge in [-0.3, -0.25) is 0 Å². The largest absolute Gasteiger partial charge is 0.444 e. The zero-order valence-electron chi connectivity index (χ0n) is 12.8. The van der Waals surface area contributed by atoms with E-state index >= 15 is 0 Å². The molecule has 1 saturated heterocycles. The molecule has 0 aromatic rings. The molecule has 0 radical (unpaired) electrons. The van der Waals surface area contributed by atoms with E-state index < -0.39 is 15.6 Å². The molecule has 0 aromatic heterocycles. The van der Waals surface area contributed by atoms with E-state index in [1.165, 1.54) is 0 Å². The average molecular weight is 306 g/mol. The molecule has 0 saturated carbocycles. The Labute approximate surface area is 121 Å². The summed E-state index contributed by atoms with van der Waals surface area (Å²) in [4.78, 5) is 13.6. The first-order valence-corrected chi connectivity index (χ1v) is 8.88. The summed E-state index contributed by atoms with van der Waals surface area (Å²) in [5, 5.41) is 0. The maximum atomic E-state index is 11.9. The average Bonchev–Trinajstić information content (AvgIpc) is 2.25. The third-order valence-corrected chi connectivity index (χ3v) is 3.91. The monoisotopic (exact) mass is 306 g/mol. The van der Waals surface area contributed by atoms with Gasteiger partial charge in [0.25, 0.3) is 0 Å². The zero-order chi connectivity index (χ0) is 15.4. The van der Waals surface area contributed by atoms with Crippen LogP contribution in [0.2, 0.25) is 0 Å². The van der Waals surface area contributed by atoms with E-state index in [0.717, 1.165) is 25.5 Å². The van der Waals surface area contributed by atoms with Crippen LogP contribution in [0.3, 0.4) is 0 Å². The fourth-order valence-corrected chi connectivity index (χ4v) is 2.67. The number of nitrogens with zero attached hydrogens (tertiary/aromatic N) is 1. The number of hydrogen-bond donors (Lipinski definition) is 1. The van der Waals surface area contributed by atoms with Crippen LogP contribution in [0, 0.1) is 5.92 Å². The van der Waals surface area contributed by atoms with Crippen molar-refractivity contribution in [1.29, 1.82) is 0 Å². The molecule has 0 aromatic carbocycles. The second-order valence-corrected chi connectivity index (χ2v) is 8.20. The summed E-state index contributed by atoms with van der Waals surface area (Å²) in [7, 11) is -3.10. The van der Waals surface area contributed by atoms with E-state index in [0.29, 0.717) is 25.6 Å². The Hall–Kier alpha value is -0.820. The van der Waals surface area contributed by atoms with Crippen molar-refractivity contribution in [2.75, 3.05) is 25.9 Å². The van der Waals surface area contributed by atoms with E-state index in [-0.39, 0.29) is 6.09 Å². The Morgan fingerprint density at radius 2 is 1.85 bits per heavy atom. The molecular weight excluding hydrogens is 280 g/mol. The smallest absolute Gasteiger partial charge is 0.410 e. The maximum Gasteiger partial charge on any atom is 0.410 e. The second kappa shape index (κ2) is 6.76. The molecule has 1 aliphatic rings.